The van der Waals surface area contributed by atoms with Crippen molar-refractivity contribution in [2.24, 2.45) is 0 Å². The van der Waals surface area contributed by atoms with Crippen LogP contribution in [0, 0.1) is 0 Å². The summed E-state index contributed by atoms with van der Waals surface area (Å²) in [5, 5.41) is 9.61. The number of benzene rings is 2. The molecule has 1 N–H and O–H groups in total. The van der Waals surface area contributed by atoms with Gasteiger partial charge in [-0.1, -0.05) is 24.3 Å². The SMILES string of the molecule is COc1cc(C(=O)C(=O)N2Cc3ccccc3C[C@H]2C(=O)O)cc(OC)c1OC. The second kappa shape index (κ2) is 8.22. The number of carboxylic acids is 1. The molecule has 1 aliphatic heterocycles. The average Bonchev–Trinajstić information content (AvgIpc) is 2.75. The number of rotatable bonds is 6. The minimum atomic E-state index is -1.16. The van der Waals surface area contributed by atoms with Crippen molar-refractivity contribution in [2.75, 3.05) is 21.3 Å². The van der Waals surface area contributed by atoms with E-state index in [1.165, 1.54) is 33.5 Å². The number of hydrogen-bond acceptors (Lipinski definition) is 6. The van der Waals surface area contributed by atoms with Crippen LogP contribution in [-0.4, -0.2) is 55.0 Å². The number of ether oxygens (including phenoxy) is 3. The van der Waals surface area contributed by atoms with E-state index < -0.39 is 23.7 Å². The average molecular weight is 399 g/mol. The molecule has 0 saturated carbocycles. The Kier molecular flexibility index (Phi) is 5.72. The van der Waals surface area contributed by atoms with E-state index in [0.717, 1.165) is 16.0 Å². The van der Waals surface area contributed by atoms with Crippen molar-refractivity contribution >= 4 is 17.7 Å². The van der Waals surface area contributed by atoms with Crippen molar-refractivity contribution in [3.8, 4) is 17.2 Å². The third-order valence-electron chi connectivity index (χ3n) is 4.92. The minimum Gasteiger partial charge on any atom is -0.493 e. The van der Waals surface area contributed by atoms with Gasteiger partial charge in [-0.15, -0.1) is 0 Å². The summed E-state index contributed by atoms with van der Waals surface area (Å²) in [5.74, 6) is -2.18. The number of aliphatic carboxylic acids is 1. The maximum Gasteiger partial charge on any atom is 0.326 e. The molecule has 0 radical (unpaired) electrons. The van der Waals surface area contributed by atoms with Gasteiger partial charge >= 0.3 is 5.97 Å². The number of carbonyl (C=O) groups is 3. The minimum absolute atomic E-state index is 0.0208. The molecule has 0 spiro atoms. The lowest BCUT2D eigenvalue weighted by atomic mass is 9.93. The third kappa shape index (κ3) is 3.73. The number of hydrogen-bond donors (Lipinski definition) is 1. The lowest BCUT2D eigenvalue weighted by molar-refractivity contribution is -0.149. The summed E-state index contributed by atoms with van der Waals surface area (Å²) in [6.07, 6.45) is 0.139. The Morgan fingerprint density at radius 2 is 1.55 bits per heavy atom. The summed E-state index contributed by atoms with van der Waals surface area (Å²) in [4.78, 5) is 38.8. The Labute approximate surface area is 167 Å². The Morgan fingerprint density at radius 3 is 2.07 bits per heavy atom. The number of amides is 1. The molecule has 1 aliphatic rings. The first-order chi connectivity index (χ1) is 13.9. The zero-order valence-corrected chi connectivity index (χ0v) is 16.3. The van der Waals surface area contributed by atoms with Crippen LogP contribution < -0.4 is 14.2 Å². The van der Waals surface area contributed by atoms with Crippen LogP contribution in [0.2, 0.25) is 0 Å². The number of methoxy groups -OCH3 is 3. The second-order valence-corrected chi connectivity index (χ2v) is 6.50. The molecule has 0 fully saturated rings. The molecule has 29 heavy (non-hydrogen) atoms. The second-order valence-electron chi connectivity index (χ2n) is 6.50. The van der Waals surface area contributed by atoms with Gasteiger partial charge in [0.05, 0.1) is 21.3 Å². The summed E-state index contributed by atoms with van der Waals surface area (Å²) >= 11 is 0. The van der Waals surface area contributed by atoms with E-state index in [2.05, 4.69) is 0 Å². The zero-order valence-electron chi connectivity index (χ0n) is 16.3. The summed E-state index contributed by atoms with van der Waals surface area (Å²) in [5.41, 5.74) is 1.69. The molecule has 0 bridgehead atoms. The predicted molar refractivity (Wildman–Crippen MR) is 103 cm³/mol. The van der Waals surface area contributed by atoms with Crippen LogP contribution in [-0.2, 0) is 22.6 Å². The lowest BCUT2D eigenvalue weighted by Gasteiger charge is -2.34. The van der Waals surface area contributed by atoms with E-state index in [0.29, 0.717) is 0 Å². The predicted octanol–water partition coefficient (Wildman–Crippen LogP) is 1.93. The molecule has 152 valence electrons. The summed E-state index contributed by atoms with van der Waals surface area (Å²) in [7, 11) is 4.22. The van der Waals surface area contributed by atoms with Crippen molar-refractivity contribution in [3.63, 3.8) is 0 Å². The van der Waals surface area contributed by atoms with Crippen molar-refractivity contribution in [1.82, 2.24) is 4.90 Å². The molecule has 8 heteroatoms. The van der Waals surface area contributed by atoms with Crippen LogP contribution >= 0.6 is 0 Å². The number of ketones is 1. The molecular weight excluding hydrogens is 378 g/mol. The Hall–Kier alpha value is -3.55. The first-order valence-corrected chi connectivity index (χ1v) is 8.86. The Balaban J connectivity index is 1.97. The van der Waals surface area contributed by atoms with Crippen LogP contribution in [0.4, 0.5) is 0 Å². The standard InChI is InChI=1S/C21H21NO7/c1-27-16-9-14(10-17(28-2)19(16)29-3)18(23)20(24)22-11-13-7-5-4-6-12(13)8-15(22)21(25)26/h4-7,9-10,15H,8,11H2,1-3H3,(H,25,26)/t15-/m0/s1. The van der Waals surface area contributed by atoms with Gasteiger partial charge in [0.1, 0.15) is 6.04 Å². The van der Waals surface area contributed by atoms with Gasteiger partial charge in [-0.05, 0) is 23.3 Å². The first-order valence-electron chi connectivity index (χ1n) is 8.86. The molecule has 0 aromatic heterocycles. The van der Waals surface area contributed by atoms with Gasteiger partial charge in [-0.2, -0.15) is 0 Å². The van der Waals surface area contributed by atoms with Crippen LogP contribution in [0.3, 0.4) is 0 Å². The molecule has 0 unspecified atom stereocenters. The quantitative estimate of drug-likeness (QED) is 0.585. The van der Waals surface area contributed by atoms with Crippen LogP contribution in [0.15, 0.2) is 36.4 Å². The number of carboxylic acid groups (broad SMARTS) is 1. The fraction of sp³-hybridized carbons (Fsp3) is 0.286. The van der Waals surface area contributed by atoms with E-state index >= 15 is 0 Å². The molecule has 1 atom stereocenters. The first kappa shape index (κ1) is 20.2. The van der Waals surface area contributed by atoms with Crippen LogP contribution in [0.5, 0.6) is 17.2 Å². The van der Waals surface area contributed by atoms with Gasteiger partial charge in [0.15, 0.2) is 11.5 Å². The number of fused-ring (bicyclic) bond motifs is 1. The molecule has 1 heterocycles. The fourth-order valence-corrected chi connectivity index (χ4v) is 3.42. The fourth-order valence-electron chi connectivity index (χ4n) is 3.42. The van der Waals surface area contributed by atoms with Crippen molar-refractivity contribution in [1.29, 1.82) is 0 Å². The zero-order chi connectivity index (χ0) is 21.1. The summed E-state index contributed by atoms with van der Waals surface area (Å²) < 4.78 is 15.7. The number of carbonyl (C=O) groups excluding carboxylic acids is 2. The van der Waals surface area contributed by atoms with Crippen LogP contribution in [0.1, 0.15) is 21.5 Å². The van der Waals surface area contributed by atoms with Crippen molar-refractivity contribution in [3.05, 3.63) is 53.1 Å². The maximum absolute atomic E-state index is 13.0. The van der Waals surface area contributed by atoms with Gasteiger partial charge < -0.3 is 24.2 Å². The number of Topliss-reactive ketones (excluding diaryl/α,β-unsaturated/α-hetero) is 1. The van der Waals surface area contributed by atoms with E-state index in [4.69, 9.17) is 14.2 Å². The van der Waals surface area contributed by atoms with Gasteiger partial charge in [-0.25, -0.2) is 4.79 Å². The largest absolute Gasteiger partial charge is 0.493 e. The molecule has 2 aromatic carbocycles. The highest BCUT2D eigenvalue weighted by atomic mass is 16.5. The van der Waals surface area contributed by atoms with Crippen molar-refractivity contribution < 1.29 is 33.7 Å². The molecule has 0 saturated heterocycles. The van der Waals surface area contributed by atoms with E-state index in [9.17, 15) is 19.5 Å². The summed E-state index contributed by atoms with van der Waals surface area (Å²) in [6, 6.07) is 8.89. The van der Waals surface area contributed by atoms with Crippen LogP contribution in [0.25, 0.3) is 0 Å². The van der Waals surface area contributed by atoms with Crippen molar-refractivity contribution in [2.45, 2.75) is 19.0 Å². The smallest absolute Gasteiger partial charge is 0.326 e. The molecular formula is C21H21NO7. The van der Waals surface area contributed by atoms with Gasteiger partial charge in [-0.3, -0.25) is 9.59 Å². The highest BCUT2D eigenvalue weighted by molar-refractivity contribution is 6.43. The molecule has 8 nitrogen and oxygen atoms in total. The van der Waals surface area contributed by atoms with E-state index in [-0.39, 0.29) is 35.8 Å². The van der Waals surface area contributed by atoms with E-state index in [1.54, 1.807) is 0 Å². The topological polar surface area (TPSA) is 102 Å². The third-order valence-corrected chi connectivity index (χ3v) is 4.92. The highest BCUT2D eigenvalue weighted by Crippen LogP contribution is 2.38. The summed E-state index contributed by atoms with van der Waals surface area (Å²) in [6.45, 7) is 0.0438. The monoisotopic (exact) mass is 399 g/mol. The van der Waals surface area contributed by atoms with Gasteiger partial charge in [0.2, 0.25) is 5.75 Å². The Bertz CT molecular complexity index is 944. The highest BCUT2D eigenvalue weighted by Gasteiger charge is 2.37. The van der Waals surface area contributed by atoms with Gasteiger partial charge in [0, 0.05) is 18.5 Å². The molecule has 0 aliphatic carbocycles. The Morgan fingerprint density at radius 1 is 0.966 bits per heavy atom. The lowest BCUT2D eigenvalue weighted by Crippen LogP contribution is -2.50. The maximum atomic E-state index is 13.0. The molecule has 1 amide bonds. The normalized spacial score (nSPS) is 15.3. The van der Waals surface area contributed by atoms with Gasteiger partial charge in [0.25, 0.3) is 11.7 Å². The number of nitrogens with zero attached hydrogens (tertiary/aromatic N) is 1. The molecule has 3 rings (SSSR count). The van der Waals surface area contributed by atoms with E-state index in [1.807, 2.05) is 24.3 Å². The molecule has 2 aromatic rings.